The Labute approximate surface area is 147 Å². The molecule has 0 saturated carbocycles. The maximum Gasteiger partial charge on any atom is 0.258 e. The number of furan rings is 1. The number of rotatable bonds is 6. The Hall–Kier alpha value is -2.60. The number of amides is 1. The maximum absolute atomic E-state index is 13.2. The minimum absolute atomic E-state index is 0.0378. The Kier molecular flexibility index (Phi) is 4.90. The predicted molar refractivity (Wildman–Crippen MR) is 97.6 cm³/mol. The Morgan fingerprint density at radius 1 is 1.24 bits per heavy atom. The summed E-state index contributed by atoms with van der Waals surface area (Å²) in [6, 6.07) is 7.64. The van der Waals surface area contributed by atoms with Gasteiger partial charge in [0.1, 0.15) is 11.3 Å². The molecule has 6 heteroatoms. The van der Waals surface area contributed by atoms with E-state index < -0.39 is 0 Å². The number of likely N-dealkylation sites (N-methyl/N-ethyl adjacent to an activating group) is 1. The summed E-state index contributed by atoms with van der Waals surface area (Å²) in [6.45, 7) is 5.73. The van der Waals surface area contributed by atoms with Gasteiger partial charge in [0.25, 0.3) is 5.91 Å². The third-order valence-corrected chi connectivity index (χ3v) is 4.28. The first kappa shape index (κ1) is 17.2. The summed E-state index contributed by atoms with van der Waals surface area (Å²) < 4.78 is 5.78. The second-order valence-corrected chi connectivity index (χ2v) is 6.59. The molecule has 132 valence electrons. The van der Waals surface area contributed by atoms with E-state index in [9.17, 15) is 4.79 Å². The molecule has 0 bridgehead atoms. The molecule has 6 nitrogen and oxygen atoms in total. The summed E-state index contributed by atoms with van der Waals surface area (Å²) in [5.41, 5.74) is 3.11. The average molecular weight is 340 g/mol. The highest BCUT2D eigenvalue weighted by atomic mass is 16.3. The fourth-order valence-corrected chi connectivity index (χ4v) is 2.83. The van der Waals surface area contributed by atoms with E-state index in [1.54, 1.807) is 6.33 Å². The third kappa shape index (κ3) is 3.74. The molecule has 3 rings (SSSR count). The van der Waals surface area contributed by atoms with Gasteiger partial charge >= 0.3 is 0 Å². The van der Waals surface area contributed by atoms with Crippen LogP contribution < -0.4 is 0 Å². The van der Waals surface area contributed by atoms with Crippen LogP contribution in [0.5, 0.6) is 0 Å². The molecule has 3 aromatic rings. The molecule has 0 fully saturated rings. The molecule has 25 heavy (non-hydrogen) atoms. The second kappa shape index (κ2) is 7.11. The topological polar surface area (TPSA) is 65.4 Å². The number of benzene rings is 1. The number of hydrogen-bond acceptors (Lipinski definition) is 4. The Balaban J connectivity index is 1.93. The quantitative estimate of drug-likeness (QED) is 0.749. The van der Waals surface area contributed by atoms with Crippen molar-refractivity contribution in [2.75, 3.05) is 27.2 Å². The molecule has 0 aliphatic rings. The van der Waals surface area contributed by atoms with Crippen molar-refractivity contribution in [2.45, 2.75) is 20.4 Å². The first-order valence-corrected chi connectivity index (χ1v) is 8.37. The van der Waals surface area contributed by atoms with Crippen LogP contribution in [0.1, 0.15) is 27.5 Å². The highest BCUT2D eigenvalue weighted by Gasteiger charge is 2.21. The fraction of sp³-hybridized carbons (Fsp3) is 0.368. The minimum atomic E-state index is -0.0378. The summed E-state index contributed by atoms with van der Waals surface area (Å²) >= 11 is 0. The zero-order valence-corrected chi connectivity index (χ0v) is 15.2. The summed E-state index contributed by atoms with van der Waals surface area (Å²) in [4.78, 5) is 24.5. The largest absolute Gasteiger partial charge is 0.461 e. The standard InChI is InChI=1S/C19H24N4O2/c1-13-10-15-6-5-7-16(18(15)25-13)19(24)23(9-8-22(3)4)11-17-14(2)20-12-21-17/h5-7,10,12H,8-9,11H2,1-4H3,(H,20,21). The molecule has 0 aliphatic carbocycles. The monoisotopic (exact) mass is 340 g/mol. The van der Waals surface area contributed by atoms with Crippen molar-refractivity contribution in [2.24, 2.45) is 0 Å². The van der Waals surface area contributed by atoms with E-state index in [1.165, 1.54) is 0 Å². The van der Waals surface area contributed by atoms with E-state index >= 15 is 0 Å². The van der Waals surface area contributed by atoms with E-state index in [0.29, 0.717) is 24.2 Å². The van der Waals surface area contributed by atoms with Gasteiger partial charge in [-0.3, -0.25) is 4.79 Å². The van der Waals surface area contributed by atoms with Gasteiger partial charge in [-0.1, -0.05) is 12.1 Å². The fourth-order valence-electron chi connectivity index (χ4n) is 2.83. The van der Waals surface area contributed by atoms with Gasteiger partial charge in [-0.15, -0.1) is 0 Å². The Bertz CT molecular complexity index is 879. The van der Waals surface area contributed by atoms with Crippen molar-refractivity contribution < 1.29 is 9.21 Å². The summed E-state index contributed by atoms with van der Waals surface area (Å²) in [5, 5.41) is 0.951. The number of carbonyl (C=O) groups excluding carboxylic acids is 1. The molecule has 0 unspecified atom stereocenters. The lowest BCUT2D eigenvalue weighted by atomic mass is 10.1. The number of aryl methyl sites for hydroxylation is 2. The molecule has 1 N–H and O–H groups in total. The van der Waals surface area contributed by atoms with Crippen LogP contribution in [0.25, 0.3) is 11.0 Å². The molecule has 0 saturated heterocycles. The number of nitrogens with zero attached hydrogens (tertiary/aromatic N) is 3. The lowest BCUT2D eigenvalue weighted by Crippen LogP contribution is -2.36. The number of nitrogens with one attached hydrogen (secondary N) is 1. The number of aromatic nitrogens is 2. The van der Waals surface area contributed by atoms with Crippen molar-refractivity contribution in [3.05, 3.63) is 53.3 Å². The lowest BCUT2D eigenvalue weighted by molar-refractivity contribution is 0.0730. The molecule has 0 aliphatic heterocycles. The molecule has 1 aromatic carbocycles. The minimum Gasteiger partial charge on any atom is -0.461 e. The van der Waals surface area contributed by atoms with Gasteiger partial charge in [-0.2, -0.15) is 0 Å². The van der Waals surface area contributed by atoms with Crippen LogP contribution in [0, 0.1) is 13.8 Å². The van der Waals surface area contributed by atoms with E-state index in [0.717, 1.165) is 29.1 Å². The molecule has 0 atom stereocenters. The summed E-state index contributed by atoms with van der Waals surface area (Å²) in [7, 11) is 4.00. The molecular formula is C19H24N4O2. The van der Waals surface area contributed by atoms with Crippen LogP contribution in [0.3, 0.4) is 0 Å². The van der Waals surface area contributed by atoms with Gasteiger partial charge in [-0.05, 0) is 40.1 Å². The molecule has 2 aromatic heterocycles. The van der Waals surface area contributed by atoms with Gasteiger partial charge < -0.3 is 19.2 Å². The van der Waals surface area contributed by atoms with Crippen LogP contribution in [0.2, 0.25) is 0 Å². The molecule has 1 amide bonds. The van der Waals surface area contributed by atoms with E-state index in [2.05, 4.69) is 14.9 Å². The van der Waals surface area contributed by atoms with Crippen molar-refractivity contribution in [3.63, 3.8) is 0 Å². The normalized spacial score (nSPS) is 11.4. The number of para-hydroxylation sites is 1. The predicted octanol–water partition coefficient (Wildman–Crippen LogP) is 2.98. The van der Waals surface area contributed by atoms with Gasteiger partial charge in [-0.25, -0.2) is 4.98 Å². The van der Waals surface area contributed by atoms with Crippen LogP contribution in [0.4, 0.5) is 0 Å². The molecule has 2 heterocycles. The van der Waals surface area contributed by atoms with Crippen LogP contribution in [-0.2, 0) is 6.54 Å². The van der Waals surface area contributed by atoms with Crippen molar-refractivity contribution in [1.82, 2.24) is 19.8 Å². The smallest absolute Gasteiger partial charge is 0.258 e. The Morgan fingerprint density at radius 2 is 2.04 bits per heavy atom. The number of imidazole rings is 1. The third-order valence-electron chi connectivity index (χ3n) is 4.28. The zero-order valence-electron chi connectivity index (χ0n) is 15.2. The number of aromatic amines is 1. The van der Waals surface area contributed by atoms with E-state index in [1.807, 2.05) is 57.1 Å². The van der Waals surface area contributed by atoms with Gasteiger partial charge in [0.05, 0.1) is 24.1 Å². The van der Waals surface area contributed by atoms with Crippen LogP contribution in [0.15, 0.2) is 35.0 Å². The second-order valence-electron chi connectivity index (χ2n) is 6.59. The molecule has 0 spiro atoms. The first-order valence-electron chi connectivity index (χ1n) is 8.37. The summed E-state index contributed by atoms with van der Waals surface area (Å²) in [5.74, 6) is 0.766. The van der Waals surface area contributed by atoms with Crippen molar-refractivity contribution in [3.8, 4) is 0 Å². The zero-order chi connectivity index (χ0) is 18.0. The number of H-pyrrole nitrogens is 1. The lowest BCUT2D eigenvalue weighted by Gasteiger charge is -2.24. The summed E-state index contributed by atoms with van der Waals surface area (Å²) in [6.07, 6.45) is 1.66. The number of hydrogen-bond donors (Lipinski definition) is 1. The SMILES string of the molecule is Cc1cc2cccc(C(=O)N(CCN(C)C)Cc3nc[nH]c3C)c2o1. The van der Waals surface area contributed by atoms with E-state index in [-0.39, 0.29) is 5.91 Å². The van der Waals surface area contributed by atoms with Gasteiger partial charge in [0.2, 0.25) is 0 Å². The first-order chi connectivity index (χ1) is 12.0. The van der Waals surface area contributed by atoms with Gasteiger partial charge in [0, 0.05) is 24.2 Å². The van der Waals surface area contributed by atoms with E-state index in [4.69, 9.17) is 4.42 Å². The highest BCUT2D eigenvalue weighted by Crippen LogP contribution is 2.24. The molecular weight excluding hydrogens is 316 g/mol. The van der Waals surface area contributed by atoms with Gasteiger partial charge in [0.15, 0.2) is 0 Å². The van der Waals surface area contributed by atoms with Crippen LogP contribution in [-0.4, -0.2) is 52.9 Å². The number of fused-ring (bicyclic) bond motifs is 1. The van der Waals surface area contributed by atoms with Crippen molar-refractivity contribution in [1.29, 1.82) is 0 Å². The van der Waals surface area contributed by atoms with Crippen molar-refractivity contribution >= 4 is 16.9 Å². The average Bonchev–Trinajstić information content (AvgIpc) is 3.14. The Morgan fingerprint density at radius 3 is 2.72 bits per heavy atom. The maximum atomic E-state index is 13.2. The number of carbonyl (C=O) groups is 1. The van der Waals surface area contributed by atoms with Crippen LogP contribution >= 0.6 is 0 Å². The molecule has 0 radical (unpaired) electrons. The highest BCUT2D eigenvalue weighted by molar-refractivity contribution is 6.05.